The van der Waals surface area contributed by atoms with Gasteiger partial charge in [0.15, 0.2) is 0 Å². The van der Waals surface area contributed by atoms with Gasteiger partial charge >= 0.3 is 0 Å². The zero-order valence-corrected chi connectivity index (χ0v) is 10.6. The van der Waals surface area contributed by atoms with Crippen molar-refractivity contribution in [3.8, 4) is 0 Å². The number of halogens is 1. The summed E-state index contributed by atoms with van der Waals surface area (Å²) in [6, 6.07) is 1.81. The van der Waals surface area contributed by atoms with E-state index in [1.165, 1.54) is 0 Å². The number of hydrogen-bond donors (Lipinski definition) is 2. The van der Waals surface area contributed by atoms with Gasteiger partial charge in [-0.25, -0.2) is 13.1 Å². The third-order valence-electron chi connectivity index (χ3n) is 1.58. The van der Waals surface area contributed by atoms with E-state index in [0.29, 0.717) is 13.1 Å². The van der Waals surface area contributed by atoms with Gasteiger partial charge in [-0.05, 0) is 22.0 Å². The number of nitrogens with zero attached hydrogens (tertiary/aromatic N) is 1. The standard InChI is InChI=1S/C8H12BrN3O2S/c1-15(13,14)12-5-4-11-8-2-3-10-6-7(8)9/h2-3,6,12H,4-5H2,1H3,(H,10,11). The van der Waals surface area contributed by atoms with Crippen molar-refractivity contribution in [1.82, 2.24) is 9.71 Å². The molecule has 0 fully saturated rings. The summed E-state index contributed by atoms with van der Waals surface area (Å²) in [6.07, 6.45) is 4.47. The highest BCUT2D eigenvalue weighted by atomic mass is 79.9. The molecule has 2 N–H and O–H groups in total. The fourth-order valence-electron chi connectivity index (χ4n) is 0.952. The highest BCUT2D eigenvalue weighted by Crippen LogP contribution is 2.19. The molecule has 15 heavy (non-hydrogen) atoms. The maximum Gasteiger partial charge on any atom is 0.208 e. The van der Waals surface area contributed by atoms with E-state index in [9.17, 15) is 8.42 Å². The molecule has 1 rings (SSSR count). The third-order valence-corrected chi connectivity index (χ3v) is 2.94. The maximum absolute atomic E-state index is 10.8. The van der Waals surface area contributed by atoms with Crippen molar-refractivity contribution in [2.45, 2.75) is 0 Å². The van der Waals surface area contributed by atoms with Crippen LogP contribution >= 0.6 is 15.9 Å². The van der Waals surface area contributed by atoms with Gasteiger partial charge in [-0.1, -0.05) is 0 Å². The van der Waals surface area contributed by atoms with Crippen LogP contribution in [0.3, 0.4) is 0 Å². The summed E-state index contributed by atoms with van der Waals surface area (Å²) in [6.45, 7) is 0.878. The molecule has 5 nitrogen and oxygen atoms in total. The second-order valence-corrected chi connectivity index (χ2v) is 5.64. The number of nitrogens with one attached hydrogen (secondary N) is 2. The zero-order valence-electron chi connectivity index (χ0n) is 8.20. The summed E-state index contributed by atoms with van der Waals surface area (Å²) in [7, 11) is -3.10. The van der Waals surface area contributed by atoms with Crippen molar-refractivity contribution in [2.24, 2.45) is 0 Å². The van der Waals surface area contributed by atoms with Gasteiger partial charge in [-0.15, -0.1) is 0 Å². The van der Waals surface area contributed by atoms with E-state index < -0.39 is 10.0 Å². The second-order valence-electron chi connectivity index (χ2n) is 2.95. The molecule has 0 saturated carbocycles. The molecule has 0 radical (unpaired) electrons. The molecule has 1 heterocycles. The summed E-state index contributed by atoms with van der Waals surface area (Å²) in [5.74, 6) is 0. The van der Waals surface area contributed by atoms with Gasteiger partial charge in [-0.2, -0.15) is 0 Å². The second kappa shape index (κ2) is 5.43. The Hall–Kier alpha value is -0.660. The molecular weight excluding hydrogens is 282 g/mol. The smallest absolute Gasteiger partial charge is 0.208 e. The fourth-order valence-corrected chi connectivity index (χ4v) is 1.82. The minimum absolute atomic E-state index is 0.355. The van der Waals surface area contributed by atoms with Crippen LogP contribution in [0.25, 0.3) is 0 Å². The number of aromatic nitrogens is 1. The summed E-state index contributed by atoms with van der Waals surface area (Å²) >= 11 is 3.32. The molecule has 1 aromatic rings. The molecule has 7 heteroatoms. The Balaban J connectivity index is 2.36. The summed E-state index contributed by atoms with van der Waals surface area (Å²) in [5.41, 5.74) is 0.889. The molecule has 0 aliphatic heterocycles. The average molecular weight is 294 g/mol. The van der Waals surface area contributed by atoms with Crippen molar-refractivity contribution in [2.75, 3.05) is 24.7 Å². The Morgan fingerprint density at radius 3 is 2.80 bits per heavy atom. The number of rotatable bonds is 5. The highest BCUT2D eigenvalue weighted by molar-refractivity contribution is 9.10. The predicted octanol–water partition coefficient (Wildman–Crippen LogP) is 0.805. The van der Waals surface area contributed by atoms with Gasteiger partial charge in [0.05, 0.1) is 16.4 Å². The molecule has 0 aromatic carbocycles. The molecule has 0 amide bonds. The van der Waals surface area contributed by atoms with Crippen LogP contribution in [0.4, 0.5) is 5.69 Å². The van der Waals surface area contributed by atoms with Gasteiger partial charge < -0.3 is 5.32 Å². The first-order chi connectivity index (χ1) is 6.99. The topological polar surface area (TPSA) is 71.1 Å². The molecule has 0 aliphatic carbocycles. The first kappa shape index (κ1) is 12.4. The number of pyridine rings is 1. The fraction of sp³-hybridized carbons (Fsp3) is 0.375. The predicted molar refractivity (Wildman–Crippen MR) is 63.3 cm³/mol. The first-order valence-electron chi connectivity index (χ1n) is 4.27. The minimum atomic E-state index is -3.10. The molecule has 0 bridgehead atoms. The molecule has 1 aromatic heterocycles. The first-order valence-corrected chi connectivity index (χ1v) is 6.95. The zero-order chi connectivity index (χ0) is 11.3. The van der Waals surface area contributed by atoms with Crippen LogP contribution in [-0.4, -0.2) is 32.7 Å². The van der Waals surface area contributed by atoms with Crippen molar-refractivity contribution < 1.29 is 8.42 Å². The van der Waals surface area contributed by atoms with Crippen LogP contribution in [0.5, 0.6) is 0 Å². The molecule has 0 spiro atoms. The van der Waals surface area contributed by atoms with E-state index in [0.717, 1.165) is 16.4 Å². The SMILES string of the molecule is CS(=O)(=O)NCCNc1ccncc1Br. The van der Waals surface area contributed by atoms with E-state index in [-0.39, 0.29) is 0 Å². The van der Waals surface area contributed by atoms with Gasteiger partial charge in [0, 0.05) is 25.5 Å². The lowest BCUT2D eigenvalue weighted by Gasteiger charge is -2.07. The van der Waals surface area contributed by atoms with Crippen molar-refractivity contribution in [3.05, 3.63) is 22.9 Å². The lowest BCUT2D eigenvalue weighted by atomic mass is 10.4. The van der Waals surface area contributed by atoms with E-state index in [1.54, 1.807) is 12.4 Å². The maximum atomic E-state index is 10.8. The van der Waals surface area contributed by atoms with E-state index in [2.05, 4.69) is 31.0 Å². The van der Waals surface area contributed by atoms with Gasteiger partial charge in [0.25, 0.3) is 0 Å². The third kappa shape index (κ3) is 5.10. The minimum Gasteiger partial charge on any atom is -0.383 e. The van der Waals surface area contributed by atoms with Gasteiger partial charge in [0.2, 0.25) is 10.0 Å². The normalized spacial score (nSPS) is 11.3. The summed E-state index contributed by atoms with van der Waals surface area (Å²) in [5, 5.41) is 3.07. The molecular formula is C8H12BrN3O2S. The van der Waals surface area contributed by atoms with Crippen molar-refractivity contribution >= 4 is 31.6 Å². The van der Waals surface area contributed by atoms with Crippen LogP contribution in [-0.2, 0) is 10.0 Å². The Morgan fingerprint density at radius 2 is 2.20 bits per heavy atom. The van der Waals surface area contributed by atoms with Crippen LogP contribution in [0.1, 0.15) is 0 Å². The largest absolute Gasteiger partial charge is 0.383 e. The van der Waals surface area contributed by atoms with E-state index in [4.69, 9.17) is 0 Å². The quantitative estimate of drug-likeness (QED) is 0.788. The molecule has 0 unspecified atom stereocenters. The van der Waals surface area contributed by atoms with Crippen molar-refractivity contribution in [1.29, 1.82) is 0 Å². The van der Waals surface area contributed by atoms with E-state index >= 15 is 0 Å². The van der Waals surface area contributed by atoms with Gasteiger partial charge in [-0.3, -0.25) is 4.98 Å². The average Bonchev–Trinajstić information content (AvgIpc) is 2.13. The Labute approximate surface area is 97.5 Å². The summed E-state index contributed by atoms with van der Waals surface area (Å²) < 4.78 is 24.7. The Morgan fingerprint density at radius 1 is 1.47 bits per heavy atom. The van der Waals surface area contributed by atoms with Crippen LogP contribution in [0.2, 0.25) is 0 Å². The highest BCUT2D eigenvalue weighted by Gasteiger charge is 2.00. The number of anilines is 1. The lowest BCUT2D eigenvalue weighted by molar-refractivity contribution is 0.589. The Kier molecular flexibility index (Phi) is 4.49. The molecule has 0 aliphatic rings. The molecule has 0 saturated heterocycles. The number of hydrogen-bond acceptors (Lipinski definition) is 4. The lowest BCUT2D eigenvalue weighted by Crippen LogP contribution is -2.27. The molecule has 84 valence electrons. The van der Waals surface area contributed by atoms with Gasteiger partial charge in [0.1, 0.15) is 0 Å². The van der Waals surface area contributed by atoms with Crippen molar-refractivity contribution in [3.63, 3.8) is 0 Å². The Bertz CT molecular complexity index is 422. The summed E-state index contributed by atoms with van der Waals surface area (Å²) in [4.78, 5) is 3.91. The van der Waals surface area contributed by atoms with Crippen LogP contribution < -0.4 is 10.0 Å². The van der Waals surface area contributed by atoms with Crippen LogP contribution in [0, 0.1) is 0 Å². The monoisotopic (exact) mass is 293 g/mol. The van der Waals surface area contributed by atoms with Crippen LogP contribution in [0.15, 0.2) is 22.9 Å². The van der Waals surface area contributed by atoms with E-state index in [1.807, 2.05) is 6.07 Å². The number of sulfonamides is 1. The molecule has 0 atom stereocenters.